The van der Waals surface area contributed by atoms with Gasteiger partial charge in [-0.25, -0.2) is 0 Å². The zero-order chi connectivity index (χ0) is 11.0. The molecular weight excluding hydrogens is 222 g/mol. The lowest BCUT2D eigenvalue weighted by Gasteiger charge is -2.38. The summed E-state index contributed by atoms with van der Waals surface area (Å²) in [6, 6.07) is -0.333. The van der Waals surface area contributed by atoms with Crippen LogP contribution < -0.4 is 5.32 Å². The number of ether oxygens (including phenoxy) is 3. The second kappa shape index (κ2) is 4.18. The molecule has 2 fully saturated rings. The van der Waals surface area contributed by atoms with Crippen LogP contribution in [0.4, 0.5) is 0 Å². The summed E-state index contributed by atoms with van der Waals surface area (Å²) in [5, 5.41) is 21.9. The van der Waals surface area contributed by atoms with Crippen LogP contribution in [0.5, 0.6) is 0 Å². The van der Waals surface area contributed by atoms with Gasteiger partial charge in [0.2, 0.25) is 0 Å². The number of nitrogens with one attached hydrogen (secondary N) is 1. The fourth-order valence-electron chi connectivity index (χ4n) is 1.86. The Morgan fingerprint density at radius 3 is 2.93 bits per heavy atom. The van der Waals surface area contributed by atoms with Gasteiger partial charge in [-0.1, -0.05) is 0 Å². The second-order valence-corrected chi connectivity index (χ2v) is 3.86. The molecule has 2 rings (SSSR count). The van der Waals surface area contributed by atoms with Gasteiger partial charge in [0.1, 0.15) is 18.2 Å². The van der Waals surface area contributed by atoms with Gasteiger partial charge < -0.3 is 29.7 Å². The topological polar surface area (TPSA) is 80.2 Å². The lowest BCUT2D eigenvalue weighted by Crippen LogP contribution is -2.60. The Hall–Kier alpha value is -0.470. The molecule has 0 radical (unpaired) electrons. The van der Waals surface area contributed by atoms with Gasteiger partial charge in [0, 0.05) is 7.11 Å². The number of aliphatic hydroxyl groups is 2. The van der Waals surface area contributed by atoms with E-state index >= 15 is 0 Å². The summed E-state index contributed by atoms with van der Waals surface area (Å²) in [7, 11) is 1.48. The van der Waals surface area contributed by atoms with Crippen LogP contribution in [0.25, 0.3) is 0 Å². The summed E-state index contributed by atoms with van der Waals surface area (Å²) in [5.74, 6) is 0. The molecule has 0 saturated carbocycles. The van der Waals surface area contributed by atoms with Crippen LogP contribution in [-0.4, -0.2) is 59.7 Å². The first-order valence-electron chi connectivity index (χ1n) is 4.61. The number of aliphatic hydroxyl groups excluding tert-OH is 2. The summed E-state index contributed by atoms with van der Waals surface area (Å²) in [6.45, 7) is -0.291. The van der Waals surface area contributed by atoms with E-state index in [0.29, 0.717) is 0 Å². The van der Waals surface area contributed by atoms with Gasteiger partial charge in [-0.05, 0) is 12.2 Å². The van der Waals surface area contributed by atoms with Crippen molar-refractivity contribution < 1.29 is 24.4 Å². The Kier molecular flexibility index (Phi) is 3.08. The van der Waals surface area contributed by atoms with Crippen molar-refractivity contribution in [3.05, 3.63) is 0 Å². The molecular formula is C8H13NO5S. The lowest BCUT2D eigenvalue weighted by molar-refractivity contribution is -0.250. The summed E-state index contributed by atoms with van der Waals surface area (Å²) in [6.07, 6.45) is -2.75. The van der Waals surface area contributed by atoms with Gasteiger partial charge in [0.25, 0.3) is 5.17 Å². The van der Waals surface area contributed by atoms with Crippen molar-refractivity contribution in [2.45, 2.75) is 30.6 Å². The molecule has 5 atom stereocenters. The smallest absolute Gasteiger partial charge is 0.257 e. The molecule has 15 heavy (non-hydrogen) atoms. The zero-order valence-corrected chi connectivity index (χ0v) is 8.94. The van der Waals surface area contributed by atoms with E-state index in [1.807, 2.05) is 0 Å². The van der Waals surface area contributed by atoms with E-state index in [-0.39, 0.29) is 17.8 Å². The van der Waals surface area contributed by atoms with Crippen LogP contribution in [0.1, 0.15) is 0 Å². The molecule has 2 aliphatic heterocycles. The maximum atomic E-state index is 9.81. The Balaban J connectivity index is 2.16. The average Bonchev–Trinajstić information content (AvgIpc) is 2.61. The first-order chi connectivity index (χ1) is 7.17. The van der Waals surface area contributed by atoms with E-state index in [1.54, 1.807) is 0 Å². The van der Waals surface area contributed by atoms with E-state index < -0.39 is 24.6 Å². The summed E-state index contributed by atoms with van der Waals surface area (Å²) < 4.78 is 15.7. The van der Waals surface area contributed by atoms with Crippen LogP contribution in [0.15, 0.2) is 0 Å². The molecule has 0 aromatic carbocycles. The molecule has 2 saturated heterocycles. The van der Waals surface area contributed by atoms with E-state index in [2.05, 4.69) is 5.32 Å². The minimum atomic E-state index is -0.917. The molecule has 0 unspecified atom stereocenters. The van der Waals surface area contributed by atoms with E-state index in [1.165, 1.54) is 7.11 Å². The van der Waals surface area contributed by atoms with E-state index in [0.717, 1.165) is 0 Å². The highest BCUT2D eigenvalue weighted by Crippen LogP contribution is 2.27. The molecule has 6 nitrogen and oxygen atoms in total. The number of fused-ring (bicyclic) bond motifs is 1. The molecule has 0 spiro atoms. The van der Waals surface area contributed by atoms with Crippen molar-refractivity contribution >= 4 is 17.4 Å². The van der Waals surface area contributed by atoms with Gasteiger partial charge in [0.05, 0.1) is 6.61 Å². The maximum Gasteiger partial charge on any atom is 0.257 e. The van der Waals surface area contributed by atoms with Crippen LogP contribution in [-0.2, 0) is 14.2 Å². The fraction of sp³-hybridized carbons (Fsp3) is 0.875. The molecule has 2 aliphatic rings. The molecule has 0 aliphatic carbocycles. The normalized spacial score (nSPS) is 44.5. The summed E-state index contributed by atoms with van der Waals surface area (Å²) in [5.41, 5.74) is 0. The highest BCUT2D eigenvalue weighted by molar-refractivity contribution is 7.80. The number of methoxy groups -OCH3 is 1. The van der Waals surface area contributed by atoms with Crippen LogP contribution in [0.3, 0.4) is 0 Å². The largest absolute Gasteiger partial charge is 0.462 e. The fourth-order valence-corrected chi connectivity index (χ4v) is 2.10. The molecule has 0 aromatic rings. The highest BCUT2D eigenvalue weighted by atomic mass is 32.1. The zero-order valence-electron chi connectivity index (χ0n) is 8.12. The van der Waals surface area contributed by atoms with Crippen molar-refractivity contribution in [1.29, 1.82) is 0 Å². The van der Waals surface area contributed by atoms with Crippen molar-refractivity contribution in [2.75, 3.05) is 13.7 Å². The SMILES string of the molecule is CO[C@H]1O[C@H](CO)[C@@H](O)[C@@H]2OC(=S)N[C@@H]12. The molecule has 0 amide bonds. The van der Waals surface area contributed by atoms with Crippen molar-refractivity contribution in [1.82, 2.24) is 5.32 Å². The van der Waals surface area contributed by atoms with E-state index in [4.69, 9.17) is 31.5 Å². The predicted molar refractivity (Wildman–Crippen MR) is 53.2 cm³/mol. The third-order valence-electron chi connectivity index (χ3n) is 2.61. The van der Waals surface area contributed by atoms with Gasteiger partial charge in [-0.3, -0.25) is 0 Å². The molecule has 0 bridgehead atoms. The van der Waals surface area contributed by atoms with Crippen LogP contribution in [0.2, 0.25) is 0 Å². The number of hydrogen-bond donors (Lipinski definition) is 3. The van der Waals surface area contributed by atoms with Crippen LogP contribution in [0, 0.1) is 0 Å². The predicted octanol–water partition coefficient (Wildman–Crippen LogP) is -1.65. The lowest BCUT2D eigenvalue weighted by atomic mass is 9.98. The first-order valence-corrected chi connectivity index (χ1v) is 5.02. The van der Waals surface area contributed by atoms with Crippen molar-refractivity contribution in [3.63, 3.8) is 0 Å². The number of rotatable bonds is 2. The minimum Gasteiger partial charge on any atom is -0.462 e. The Morgan fingerprint density at radius 2 is 2.33 bits per heavy atom. The number of hydrogen-bond acceptors (Lipinski definition) is 6. The molecule has 2 heterocycles. The Morgan fingerprint density at radius 1 is 1.60 bits per heavy atom. The van der Waals surface area contributed by atoms with Crippen molar-refractivity contribution in [2.24, 2.45) is 0 Å². The third-order valence-corrected chi connectivity index (χ3v) is 2.83. The highest BCUT2D eigenvalue weighted by Gasteiger charge is 2.50. The Labute approximate surface area is 92.1 Å². The third kappa shape index (κ3) is 1.81. The average molecular weight is 235 g/mol. The summed E-state index contributed by atoms with van der Waals surface area (Å²) >= 11 is 4.84. The van der Waals surface area contributed by atoms with Gasteiger partial charge in [0.15, 0.2) is 12.4 Å². The monoisotopic (exact) mass is 235 g/mol. The molecule has 3 N–H and O–H groups in total. The standard InChI is InChI=1S/C8H13NO5S/c1-12-7-4-6(14-8(15)9-4)5(11)3(2-10)13-7/h3-7,10-11H,2H2,1H3,(H,9,15)/t3-,4-,5-,6-,7+/m1/s1. The van der Waals surface area contributed by atoms with Crippen molar-refractivity contribution in [3.8, 4) is 0 Å². The van der Waals surface area contributed by atoms with Crippen LogP contribution >= 0.6 is 12.2 Å². The summed E-state index contributed by atoms with van der Waals surface area (Å²) in [4.78, 5) is 0. The maximum absolute atomic E-state index is 9.81. The molecule has 0 aromatic heterocycles. The van der Waals surface area contributed by atoms with Gasteiger partial charge in [-0.2, -0.15) is 0 Å². The molecule has 7 heteroatoms. The van der Waals surface area contributed by atoms with Gasteiger partial charge >= 0.3 is 0 Å². The first kappa shape index (κ1) is 11.0. The molecule has 86 valence electrons. The second-order valence-electron chi connectivity index (χ2n) is 3.49. The minimum absolute atomic E-state index is 0.216. The van der Waals surface area contributed by atoms with Gasteiger partial charge in [-0.15, -0.1) is 0 Å². The number of thiocarbonyl (C=S) groups is 1. The van der Waals surface area contributed by atoms with E-state index in [9.17, 15) is 5.11 Å². The Bertz CT molecular complexity index is 263. The quantitative estimate of drug-likeness (QED) is 0.495.